The van der Waals surface area contributed by atoms with Crippen molar-refractivity contribution in [1.29, 1.82) is 0 Å². The molecule has 0 amide bonds. The molecule has 0 fully saturated rings. The molecule has 1 aliphatic rings. The Bertz CT molecular complexity index is 3380. The summed E-state index contributed by atoms with van der Waals surface area (Å²) in [5, 5.41) is 2.31. The predicted octanol–water partition coefficient (Wildman–Crippen LogP) is 17.4. The summed E-state index contributed by atoms with van der Waals surface area (Å²) in [6.45, 7) is 4.77. The Morgan fingerprint density at radius 1 is 0.292 bits per heavy atom. The molecule has 1 aromatic heterocycles. The molecular weight excluding hydrogens is 785 g/mol. The number of rotatable bonds is 8. The minimum Gasteiger partial charge on any atom is -0.456 e. The molecule has 1 heteroatoms. The van der Waals surface area contributed by atoms with Gasteiger partial charge in [0.1, 0.15) is 11.2 Å². The maximum atomic E-state index is 6.30. The first-order valence-corrected chi connectivity index (χ1v) is 22.7. The maximum absolute atomic E-state index is 6.30. The van der Waals surface area contributed by atoms with E-state index in [-0.39, 0.29) is 11.3 Å². The van der Waals surface area contributed by atoms with Crippen molar-refractivity contribution >= 4 is 21.9 Å². The van der Waals surface area contributed by atoms with E-state index in [0.29, 0.717) is 0 Å². The summed E-state index contributed by atoms with van der Waals surface area (Å²) in [6, 6.07) is 86.7. The van der Waals surface area contributed by atoms with E-state index in [1.54, 1.807) is 0 Å². The molecule has 0 unspecified atom stereocenters. The van der Waals surface area contributed by atoms with Crippen LogP contribution in [0.2, 0.25) is 0 Å². The van der Waals surface area contributed by atoms with Crippen LogP contribution in [0.5, 0.6) is 0 Å². The highest BCUT2D eigenvalue weighted by molar-refractivity contribution is 6.06. The van der Waals surface area contributed by atoms with Gasteiger partial charge >= 0.3 is 0 Å². The van der Waals surface area contributed by atoms with Gasteiger partial charge in [-0.3, -0.25) is 0 Å². The van der Waals surface area contributed by atoms with Gasteiger partial charge in [0.05, 0.1) is 0 Å². The van der Waals surface area contributed by atoms with Crippen molar-refractivity contribution < 1.29 is 4.42 Å². The fourth-order valence-corrected chi connectivity index (χ4v) is 10.3. The van der Waals surface area contributed by atoms with Crippen LogP contribution in [-0.4, -0.2) is 0 Å². The Morgan fingerprint density at radius 3 is 1.20 bits per heavy atom. The molecular formula is C64H46O. The van der Waals surface area contributed by atoms with E-state index in [1.807, 2.05) is 12.1 Å². The second-order valence-electron chi connectivity index (χ2n) is 18.1. The van der Waals surface area contributed by atoms with Gasteiger partial charge in [-0.15, -0.1) is 0 Å². The maximum Gasteiger partial charge on any atom is 0.136 e. The van der Waals surface area contributed by atoms with Crippen LogP contribution in [0.1, 0.15) is 47.6 Å². The standard InChI is InChI=1S/C64H46O/c1-64(2)59-39-52(53-34-38-58-57-15-9-10-16-61(57)65-62(58)41-53)33-36-55(59)56-37-35-54(40-60(56)64)63(50-29-25-48(26-30-50)46-21-17-44(18-22-46)42-11-5-3-6-12-42)51-31-27-49(28-32-51)47-23-19-45(20-24-47)43-13-7-4-8-14-43/h3-41,63H,1-2H3. The SMILES string of the molecule is CC1(C)c2cc(-c3ccc4c(c3)oc3ccccc34)ccc2-c2ccc(C(c3ccc(-c4ccc(-c5ccccc5)cc4)cc3)c3ccc(-c4ccc(-c5ccccc5)cc4)cc3)cc21. The first-order valence-electron chi connectivity index (χ1n) is 22.7. The molecule has 0 radical (unpaired) electrons. The summed E-state index contributed by atoms with van der Waals surface area (Å²) in [6.07, 6.45) is 0. The molecule has 0 saturated heterocycles. The molecule has 1 nitrogen and oxygen atoms in total. The molecule has 1 aliphatic carbocycles. The molecule has 0 bridgehead atoms. The second kappa shape index (κ2) is 15.7. The van der Waals surface area contributed by atoms with Crippen LogP contribution in [-0.2, 0) is 5.41 Å². The monoisotopic (exact) mass is 830 g/mol. The van der Waals surface area contributed by atoms with Gasteiger partial charge in [-0.2, -0.15) is 0 Å². The van der Waals surface area contributed by atoms with Gasteiger partial charge in [0.2, 0.25) is 0 Å². The lowest BCUT2D eigenvalue weighted by Crippen LogP contribution is -2.16. The molecule has 1 heterocycles. The first-order chi connectivity index (χ1) is 31.9. The van der Waals surface area contributed by atoms with Crippen molar-refractivity contribution in [3.8, 4) is 66.8 Å². The van der Waals surface area contributed by atoms with Gasteiger partial charge < -0.3 is 4.42 Å². The summed E-state index contributed by atoms with van der Waals surface area (Å²) in [7, 11) is 0. The first kappa shape index (κ1) is 38.7. The number of furan rings is 1. The van der Waals surface area contributed by atoms with Crippen LogP contribution < -0.4 is 0 Å². The Hall–Kier alpha value is -8.00. The minimum atomic E-state index is -0.198. The number of fused-ring (bicyclic) bond motifs is 6. The average Bonchev–Trinajstić information content (AvgIpc) is 3.85. The van der Waals surface area contributed by atoms with E-state index in [0.717, 1.165) is 27.5 Å². The highest BCUT2D eigenvalue weighted by Gasteiger charge is 2.36. The lowest BCUT2D eigenvalue weighted by Gasteiger charge is -2.25. The zero-order chi connectivity index (χ0) is 43.5. The third-order valence-corrected chi connectivity index (χ3v) is 13.9. The van der Waals surface area contributed by atoms with E-state index >= 15 is 0 Å². The van der Waals surface area contributed by atoms with Crippen molar-refractivity contribution in [2.45, 2.75) is 25.2 Å². The van der Waals surface area contributed by atoms with E-state index in [9.17, 15) is 0 Å². The smallest absolute Gasteiger partial charge is 0.136 e. The molecule has 0 N–H and O–H groups in total. The zero-order valence-corrected chi connectivity index (χ0v) is 36.5. The third kappa shape index (κ3) is 6.89. The minimum absolute atomic E-state index is 0.0370. The molecule has 12 rings (SSSR count). The summed E-state index contributed by atoms with van der Waals surface area (Å²) >= 11 is 0. The fraction of sp³-hybridized carbons (Fsp3) is 0.0625. The van der Waals surface area contributed by atoms with Crippen LogP contribution in [0.4, 0.5) is 0 Å². The topological polar surface area (TPSA) is 13.1 Å². The van der Waals surface area contributed by atoms with Crippen molar-refractivity contribution in [3.63, 3.8) is 0 Å². The predicted molar refractivity (Wildman–Crippen MR) is 272 cm³/mol. The van der Waals surface area contributed by atoms with E-state index in [1.165, 1.54) is 89.0 Å². The highest BCUT2D eigenvalue weighted by atomic mass is 16.3. The van der Waals surface area contributed by atoms with Gasteiger partial charge in [0.15, 0.2) is 0 Å². The van der Waals surface area contributed by atoms with E-state index < -0.39 is 0 Å². The zero-order valence-electron chi connectivity index (χ0n) is 36.5. The second-order valence-corrected chi connectivity index (χ2v) is 18.1. The molecule has 0 aliphatic heterocycles. The Morgan fingerprint density at radius 2 is 0.662 bits per heavy atom. The normalized spacial score (nSPS) is 12.7. The molecule has 0 spiro atoms. The lowest BCUT2D eigenvalue weighted by molar-refractivity contribution is 0.659. The number of benzene rings is 10. The number of hydrogen-bond donors (Lipinski definition) is 0. The molecule has 11 aromatic rings. The van der Waals surface area contributed by atoms with E-state index in [2.05, 4.69) is 238 Å². The lowest BCUT2D eigenvalue weighted by atomic mass is 9.78. The summed E-state index contributed by atoms with van der Waals surface area (Å²) in [5.41, 5.74) is 23.0. The highest BCUT2D eigenvalue weighted by Crippen LogP contribution is 2.51. The van der Waals surface area contributed by atoms with Crippen LogP contribution in [0.25, 0.3) is 88.7 Å². The number of hydrogen-bond acceptors (Lipinski definition) is 1. The molecule has 0 saturated carbocycles. The Labute approximate surface area is 380 Å². The Balaban J connectivity index is 0.896. The largest absolute Gasteiger partial charge is 0.456 e. The summed E-state index contributed by atoms with van der Waals surface area (Å²) in [4.78, 5) is 0. The van der Waals surface area contributed by atoms with Crippen LogP contribution in [0.3, 0.4) is 0 Å². The van der Waals surface area contributed by atoms with Gasteiger partial charge in [-0.1, -0.05) is 226 Å². The van der Waals surface area contributed by atoms with Gasteiger partial charge in [0.25, 0.3) is 0 Å². The van der Waals surface area contributed by atoms with Crippen molar-refractivity contribution in [2.75, 3.05) is 0 Å². The molecule has 65 heavy (non-hydrogen) atoms. The van der Waals surface area contributed by atoms with Crippen molar-refractivity contribution in [2.24, 2.45) is 0 Å². The van der Waals surface area contributed by atoms with Crippen molar-refractivity contribution in [3.05, 3.63) is 264 Å². The molecule has 10 aromatic carbocycles. The molecule has 0 atom stereocenters. The van der Waals surface area contributed by atoms with Crippen LogP contribution in [0, 0.1) is 0 Å². The average molecular weight is 831 g/mol. The summed E-state index contributed by atoms with van der Waals surface area (Å²) in [5.74, 6) is 0.0370. The van der Waals surface area contributed by atoms with Crippen LogP contribution >= 0.6 is 0 Å². The third-order valence-electron chi connectivity index (χ3n) is 13.9. The quantitative estimate of drug-likeness (QED) is 0.139. The number of para-hydroxylation sites is 1. The van der Waals surface area contributed by atoms with E-state index in [4.69, 9.17) is 4.42 Å². The summed E-state index contributed by atoms with van der Waals surface area (Å²) < 4.78 is 6.30. The Kier molecular flexibility index (Phi) is 9.31. The van der Waals surface area contributed by atoms with Gasteiger partial charge in [-0.05, 0) is 119 Å². The molecule has 308 valence electrons. The fourth-order valence-electron chi connectivity index (χ4n) is 10.3. The van der Waals surface area contributed by atoms with Gasteiger partial charge in [0, 0.05) is 22.1 Å². The van der Waals surface area contributed by atoms with Crippen molar-refractivity contribution in [1.82, 2.24) is 0 Å². The van der Waals surface area contributed by atoms with Crippen LogP contribution in [0.15, 0.2) is 241 Å². The van der Waals surface area contributed by atoms with Gasteiger partial charge in [-0.25, -0.2) is 0 Å².